The summed E-state index contributed by atoms with van der Waals surface area (Å²) >= 11 is 0. The highest BCUT2D eigenvalue weighted by molar-refractivity contribution is 5.69. The van der Waals surface area contributed by atoms with E-state index >= 15 is 0 Å². The molecule has 0 heterocycles. The fraction of sp³-hybridized carbons (Fsp3) is 0.350. The van der Waals surface area contributed by atoms with Gasteiger partial charge in [-0.3, -0.25) is 10.1 Å². The van der Waals surface area contributed by atoms with E-state index in [1.54, 1.807) is 38.4 Å². The summed E-state index contributed by atoms with van der Waals surface area (Å²) in [4.78, 5) is 23.2. The van der Waals surface area contributed by atoms with Gasteiger partial charge in [0.05, 0.1) is 11.5 Å². The van der Waals surface area contributed by atoms with Crippen molar-refractivity contribution in [2.45, 2.75) is 18.9 Å². The van der Waals surface area contributed by atoms with Gasteiger partial charge in [-0.15, -0.1) is 0 Å². The molecule has 0 saturated carbocycles. The molecule has 8 nitrogen and oxygen atoms in total. The molecule has 0 aliphatic rings. The lowest BCUT2D eigenvalue weighted by Gasteiger charge is -2.17. The Morgan fingerprint density at radius 3 is 2.25 bits per heavy atom. The van der Waals surface area contributed by atoms with Gasteiger partial charge in [-0.1, -0.05) is 12.1 Å². The van der Waals surface area contributed by atoms with Crippen LogP contribution >= 0.6 is 0 Å². The molecule has 1 amide bonds. The molecule has 2 rings (SSSR count). The Morgan fingerprint density at radius 2 is 1.71 bits per heavy atom. The highest BCUT2D eigenvalue weighted by Gasteiger charge is 2.11. The van der Waals surface area contributed by atoms with Gasteiger partial charge < -0.3 is 19.7 Å². The van der Waals surface area contributed by atoms with Crippen molar-refractivity contribution in [1.82, 2.24) is 10.2 Å². The molecule has 0 spiro atoms. The van der Waals surface area contributed by atoms with Gasteiger partial charge in [-0.05, 0) is 49.7 Å². The van der Waals surface area contributed by atoms with Crippen LogP contribution in [0.2, 0.25) is 0 Å². The van der Waals surface area contributed by atoms with Crippen LogP contribution < -0.4 is 14.8 Å². The predicted molar refractivity (Wildman–Crippen MR) is 106 cm³/mol. The summed E-state index contributed by atoms with van der Waals surface area (Å²) in [6.07, 6.45) is 1.24. The minimum absolute atomic E-state index is 0.0438. The maximum atomic E-state index is 11.6. The fourth-order valence-electron chi connectivity index (χ4n) is 2.58. The van der Waals surface area contributed by atoms with Crippen molar-refractivity contribution in [1.29, 1.82) is 0 Å². The van der Waals surface area contributed by atoms with Crippen LogP contribution in [0.1, 0.15) is 24.4 Å². The SMILES string of the molecule is CNC(CCCOc1ccc([N+](=O)[O-])cc1)c1ccc(OC(=O)N(C)C)cc1. The molecule has 0 radical (unpaired) electrons. The van der Waals surface area contributed by atoms with Gasteiger partial charge in [0.2, 0.25) is 0 Å². The van der Waals surface area contributed by atoms with Gasteiger partial charge in [0.25, 0.3) is 5.69 Å². The Balaban J connectivity index is 1.81. The molecule has 0 bridgehead atoms. The standard InChI is InChI=1S/C20H25N3O5/c1-21-19(15-6-10-18(11-7-15)28-20(24)22(2)3)5-4-14-27-17-12-8-16(9-13-17)23(25)26/h6-13,19,21H,4-5,14H2,1-3H3. The highest BCUT2D eigenvalue weighted by Crippen LogP contribution is 2.22. The van der Waals surface area contributed by atoms with Gasteiger partial charge in [0, 0.05) is 32.3 Å². The zero-order valence-corrected chi connectivity index (χ0v) is 16.3. The normalized spacial score (nSPS) is 11.5. The van der Waals surface area contributed by atoms with Crippen LogP contribution in [0, 0.1) is 10.1 Å². The van der Waals surface area contributed by atoms with Crippen molar-refractivity contribution in [2.75, 3.05) is 27.7 Å². The van der Waals surface area contributed by atoms with Gasteiger partial charge in [-0.25, -0.2) is 4.79 Å². The number of carbonyl (C=O) groups excluding carboxylic acids is 1. The lowest BCUT2D eigenvalue weighted by molar-refractivity contribution is -0.384. The molecule has 8 heteroatoms. The number of nitro groups is 1. The molecule has 150 valence electrons. The average molecular weight is 387 g/mol. The smallest absolute Gasteiger partial charge is 0.414 e. The third kappa shape index (κ3) is 6.24. The summed E-state index contributed by atoms with van der Waals surface area (Å²) in [5, 5.41) is 13.9. The molecule has 1 atom stereocenters. The number of ether oxygens (including phenoxy) is 2. The zero-order chi connectivity index (χ0) is 20.5. The number of amides is 1. The lowest BCUT2D eigenvalue weighted by atomic mass is 10.0. The Kier molecular flexibility index (Phi) is 7.76. The van der Waals surface area contributed by atoms with Crippen LogP contribution in [-0.2, 0) is 0 Å². The number of hydrogen-bond acceptors (Lipinski definition) is 6. The Bertz CT molecular complexity index is 775. The summed E-state index contributed by atoms with van der Waals surface area (Å²) in [5.74, 6) is 1.11. The maximum Gasteiger partial charge on any atom is 0.414 e. The molecular formula is C20H25N3O5. The number of non-ortho nitro benzene ring substituents is 1. The number of nitro benzene ring substituents is 1. The van der Waals surface area contributed by atoms with Crippen molar-refractivity contribution in [2.24, 2.45) is 0 Å². The van der Waals surface area contributed by atoms with Crippen LogP contribution in [0.3, 0.4) is 0 Å². The lowest BCUT2D eigenvalue weighted by Crippen LogP contribution is -2.25. The van der Waals surface area contributed by atoms with Crippen LogP contribution in [0.25, 0.3) is 0 Å². The van der Waals surface area contributed by atoms with Crippen molar-refractivity contribution in [3.8, 4) is 11.5 Å². The minimum Gasteiger partial charge on any atom is -0.494 e. The van der Waals surface area contributed by atoms with Crippen molar-refractivity contribution < 1.29 is 19.2 Å². The predicted octanol–water partition coefficient (Wildman–Crippen LogP) is 3.77. The monoisotopic (exact) mass is 387 g/mol. The molecule has 0 aromatic heterocycles. The number of rotatable bonds is 9. The van der Waals surface area contributed by atoms with E-state index < -0.39 is 11.0 Å². The largest absolute Gasteiger partial charge is 0.494 e. The Morgan fingerprint density at radius 1 is 1.11 bits per heavy atom. The summed E-state index contributed by atoms with van der Waals surface area (Å²) in [7, 11) is 5.15. The maximum absolute atomic E-state index is 11.6. The third-order valence-corrected chi connectivity index (χ3v) is 4.15. The van der Waals surface area contributed by atoms with Crippen LogP contribution in [0.5, 0.6) is 11.5 Å². The number of nitrogens with one attached hydrogen (secondary N) is 1. The molecule has 2 aromatic carbocycles. The molecule has 0 fully saturated rings. The van der Waals surface area contributed by atoms with E-state index in [0.717, 1.165) is 18.4 Å². The highest BCUT2D eigenvalue weighted by atomic mass is 16.6. The topological polar surface area (TPSA) is 93.9 Å². The minimum atomic E-state index is -0.436. The first-order chi connectivity index (χ1) is 13.4. The van der Waals surface area contributed by atoms with Crippen LogP contribution in [0.15, 0.2) is 48.5 Å². The van der Waals surface area contributed by atoms with E-state index in [9.17, 15) is 14.9 Å². The fourth-order valence-corrected chi connectivity index (χ4v) is 2.58. The number of hydrogen-bond donors (Lipinski definition) is 1. The summed E-state index contributed by atoms with van der Waals surface area (Å²) in [6, 6.07) is 13.6. The number of carbonyl (C=O) groups is 1. The first kappa shape index (κ1) is 21.2. The second kappa shape index (κ2) is 10.3. The Hall–Kier alpha value is -3.13. The van der Waals surface area contributed by atoms with E-state index in [1.807, 2.05) is 19.2 Å². The molecule has 0 saturated heterocycles. The molecule has 0 aliphatic heterocycles. The van der Waals surface area contributed by atoms with Gasteiger partial charge in [0.15, 0.2) is 0 Å². The molecule has 2 aromatic rings. The van der Waals surface area contributed by atoms with E-state index in [0.29, 0.717) is 18.1 Å². The third-order valence-electron chi connectivity index (χ3n) is 4.15. The molecule has 28 heavy (non-hydrogen) atoms. The molecular weight excluding hydrogens is 362 g/mol. The first-order valence-corrected chi connectivity index (χ1v) is 8.94. The Labute approximate surface area is 164 Å². The zero-order valence-electron chi connectivity index (χ0n) is 16.3. The summed E-state index contributed by atoms with van der Waals surface area (Å²) < 4.78 is 10.9. The molecule has 1 unspecified atom stereocenters. The van der Waals surface area contributed by atoms with Crippen molar-refractivity contribution in [3.05, 3.63) is 64.2 Å². The quantitative estimate of drug-likeness (QED) is 0.400. The van der Waals surface area contributed by atoms with E-state index in [4.69, 9.17) is 9.47 Å². The van der Waals surface area contributed by atoms with Crippen LogP contribution in [0.4, 0.5) is 10.5 Å². The molecule has 1 N–H and O–H groups in total. The van der Waals surface area contributed by atoms with Gasteiger partial charge >= 0.3 is 6.09 Å². The van der Waals surface area contributed by atoms with E-state index in [1.165, 1.54) is 17.0 Å². The number of nitrogens with zero attached hydrogens (tertiary/aromatic N) is 2. The summed E-state index contributed by atoms with van der Waals surface area (Å²) in [5.41, 5.74) is 1.13. The second-order valence-electron chi connectivity index (χ2n) is 6.41. The van der Waals surface area contributed by atoms with Gasteiger partial charge in [0.1, 0.15) is 11.5 Å². The van der Waals surface area contributed by atoms with Crippen molar-refractivity contribution >= 4 is 11.8 Å². The van der Waals surface area contributed by atoms with E-state index in [2.05, 4.69) is 5.32 Å². The van der Waals surface area contributed by atoms with Crippen molar-refractivity contribution in [3.63, 3.8) is 0 Å². The van der Waals surface area contributed by atoms with Gasteiger partial charge in [-0.2, -0.15) is 0 Å². The average Bonchev–Trinajstić information content (AvgIpc) is 2.69. The summed E-state index contributed by atoms with van der Waals surface area (Å²) in [6.45, 7) is 0.508. The van der Waals surface area contributed by atoms with E-state index in [-0.39, 0.29) is 11.7 Å². The second-order valence-corrected chi connectivity index (χ2v) is 6.41. The van der Waals surface area contributed by atoms with Crippen LogP contribution in [-0.4, -0.2) is 43.7 Å². The first-order valence-electron chi connectivity index (χ1n) is 8.94. The number of benzene rings is 2. The molecule has 0 aliphatic carbocycles.